The third-order valence-corrected chi connectivity index (χ3v) is 9.14. The summed E-state index contributed by atoms with van der Waals surface area (Å²) in [5.74, 6) is -0.611. The summed E-state index contributed by atoms with van der Waals surface area (Å²) in [6, 6.07) is 19.1. The third-order valence-electron chi connectivity index (χ3n) is 6.61. The van der Waals surface area contributed by atoms with Gasteiger partial charge in [0, 0.05) is 12.6 Å². The first-order valence-electron chi connectivity index (χ1n) is 13.6. The van der Waals surface area contributed by atoms with Gasteiger partial charge in [0.2, 0.25) is 11.8 Å². The zero-order chi connectivity index (χ0) is 30.3. The number of anilines is 1. The molecule has 0 saturated carbocycles. The van der Waals surface area contributed by atoms with E-state index in [0.717, 1.165) is 9.87 Å². The molecule has 0 aromatic heterocycles. The second kappa shape index (κ2) is 14.2. The van der Waals surface area contributed by atoms with Crippen molar-refractivity contribution in [2.24, 2.45) is 0 Å². The number of sulfonamides is 1. The van der Waals surface area contributed by atoms with E-state index in [9.17, 15) is 18.0 Å². The van der Waals surface area contributed by atoms with E-state index in [-0.39, 0.29) is 29.3 Å². The van der Waals surface area contributed by atoms with Gasteiger partial charge in [-0.25, -0.2) is 8.42 Å². The molecule has 1 N–H and O–H groups in total. The van der Waals surface area contributed by atoms with Gasteiger partial charge in [0.15, 0.2) is 0 Å². The van der Waals surface area contributed by atoms with Crippen molar-refractivity contribution in [3.8, 4) is 0 Å². The quantitative estimate of drug-likeness (QED) is 0.247. The highest BCUT2D eigenvalue weighted by Gasteiger charge is 2.34. The van der Waals surface area contributed by atoms with Crippen LogP contribution in [0, 0.1) is 0 Å². The summed E-state index contributed by atoms with van der Waals surface area (Å²) in [4.78, 5) is 28.8. The van der Waals surface area contributed by atoms with Gasteiger partial charge in [-0.1, -0.05) is 80.4 Å². The zero-order valence-corrected chi connectivity index (χ0v) is 26.3. The Bertz CT molecular complexity index is 1450. The van der Waals surface area contributed by atoms with E-state index in [0.29, 0.717) is 27.7 Å². The summed E-state index contributed by atoms with van der Waals surface area (Å²) >= 11 is 12.3. The summed E-state index contributed by atoms with van der Waals surface area (Å²) in [6.45, 7) is 9.10. The van der Waals surface area contributed by atoms with Crippen molar-refractivity contribution in [2.75, 3.05) is 10.8 Å². The van der Waals surface area contributed by atoms with E-state index in [4.69, 9.17) is 23.2 Å². The number of amides is 2. The number of rotatable bonds is 12. The van der Waals surface area contributed by atoms with Crippen LogP contribution in [0.15, 0.2) is 77.7 Å². The number of hydrogen-bond acceptors (Lipinski definition) is 4. The van der Waals surface area contributed by atoms with Crippen LogP contribution in [0.2, 0.25) is 10.0 Å². The Kier molecular flexibility index (Phi) is 11.2. The number of benzene rings is 3. The summed E-state index contributed by atoms with van der Waals surface area (Å²) in [5.41, 5.74) is 2.04. The van der Waals surface area contributed by atoms with Gasteiger partial charge in [0.25, 0.3) is 10.0 Å². The van der Waals surface area contributed by atoms with Gasteiger partial charge < -0.3 is 10.2 Å². The van der Waals surface area contributed by atoms with Gasteiger partial charge in [-0.15, -0.1) is 0 Å². The van der Waals surface area contributed by atoms with E-state index in [1.807, 2.05) is 46.8 Å². The maximum Gasteiger partial charge on any atom is 0.264 e. The van der Waals surface area contributed by atoms with Crippen LogP contribution in [-0.2, 0) is 26.2 Å². The molecule has 2 amide bonds. The largest absolute Gasteiger partial charge is 0.352 e. The Labute approximate surface area is 253 Å². The Balaban J connectivity index is 2.08. The van der Waals surface area contributed by atoms with Crippen molar-refractivity contribution in [1.29, 1.82) is 0 Å². The second-order valence-electron chi connectivity index (χ2n) is 10.4. The van der Waals surface area contributed by atoms with Crippen molar-refractivity contribution >= 4 is 50.7 Å². The molecular formula is C31H37Cl2N3O4S. The maximum atomic E-state index is 14.1. The van der Waals surface area contributed by atoms with Gasteiger partial charge in [-0.3, -0.25) is 13.9 Å². The van der Waals surface area contributed by atoms with Gasteiger partial charge in [0.1, 0.15) is 12.6 Å². The van der Waals surface area contributed by atoms with Gasteiger partial charge in [-0.2, -0.15) is 0 Å². The number of carbonyl (C=O) groups excluding carboxylic acids is 2. The van der Waals surface area contributed by atoms with Crippen LogP contribution < -0.4 is 9.62 Å². The first kappa shape index (κ1) is 32.4. The molecule has 0 aliphatic heterocycles. The predicted octanol–water partition coefficient (Wildman–Crippen LogP) is 6.64. The Hall–Kier alpha value is -3.07. The minimum atomic E-state index is -4.13. The molecule has 7 nitrogen and oxygen atoms in total. The molecule has 0 saturated heterocycles. The lowest BCUT2D eigenvalue weighted by molar-refractivity contribution is -0.140. The van der Waals surface area contributed by atoms with E-state index in [2.05, 4.69) is 5.32 Å². The highest BCUT2D eigenvalue weighted by molar-refractivity contribution is 7.92. The summed E-state index contributed by atoms with van der Waals surface area (Å²) in [6.07, 6.45) is 0.320. The first-order chi connectivity index (χ1) is 19.3. The molecule has 10 heteroatoms. The number of nitrogens with one attached hydrogen (secondary N) is 1. The standard InChI is InChI=1S/C31H37Cl2N3O4S/c1-6-29(31(38)34-22(4)5)35(19-23-12-17-27(32)28(33)18-23)30(37)20-36(25-15-13-24(14-16-25)21(2)3)41(39,40)26-10-8-7-9-11-26/h7-18,21-22,29H,6,19-20H2,1-5H3,(H,34,38). The lowest BCUT2D eigenvalue weighted by atomic mass is 10.0. The zero-order valence-electron chi connectivity index (χ0n) is 24.0. The molecule has 0 radical (unpaired) electrons. The SMILES string of the molecule is CCC(C(=O)NC(C)C)N(Cc1ccc(Cl)c(Cl)c1)C(=O)CN(c1ccc(C(C)C)cc1)S(=O)(=O)c1ccccc1. The fraction of sp³-hybridized carbons (Fsp3) is 0.355. The van der Waals surface area contributed by atoms with E-state index >= 15 is 0 Å². The molecule has 3 aromatic carbocycles. The second-order valence-corrected chi connectivity index (χ2v) is 13.1. The monoisotopic (exact) mass is 617 g/mol. The van der Waals surface area contributed by atoms with Crippen molar-refractivity contribution in [2.45, 2.75) is 70.5 Å². The molecule has 1 atom stereocenters. The molecule has 0 heterocycles. The van der Waals surface area contributed by atoms with Crippen LogP contribution >= 0.6 is 23.2 Å². The van der Waals surface area contributed by atoms with Crippen LogP contribution in [0.1, 0.15) is 58.1 Å². The molecule has 0 aliphatic carbocycles. The summed E-state index contributed by atoms with van der Waals surface area (Å²) < 4.78 is 28.9. The van der Waals surface area contributed by atoms with Crippen molar-refractivity contribution in [3.63, 3.8) is 0 Å². The summed E-state index contributed by atoms with van der Waals surface area (Å²) in [5, 5.41) is 3.56. The number of carbonyl (C=O) groups is 2. The molecule has 0 spiro atoms. The third kappa shape index (κ3) is 8.24. The highest BCUT2D eigenvalue weighted by Crippen LogP contribution is 2.28. The molecule has 3 rings (SSSR count). The van der Waals surface area contributed by atoms with Crippen LogP contribution in [0.4, 0.5) is 5.69 Å². The average molecular weight is 619 g/mol. The molecule has 0 bridgehead atoms. The van der Waals surface area contributed by atoms with Crippen LogP contribution in [0.25, 0.3) is 0 Å². The van der Waals surface area contributed by atoms with E-state index in [1.54, 1.807) is 48.5 Å². The highest BCUT2D eigenvalue weighted by atomic mass is 35.5. The van der Waals surface area contributed by atoms with Gasteiger partial charge >= 0.3 is 0 Å². The Morgan fingerprint density at radius 3 is 2.05 bits per heavy atom. The number of nitrogens with zero attached hydrogens (tertiary/aromatic N) is 2. The van der Waals surface area contributed by atoms with Gasteiger partial charge in [0.05, 0.1) is 20.6 Å². The van der Waals surface area contributed by atoms with Crippen LogP contribution in [0.5, 0.6) is 0 Å². The summed E-state index contributed by atoms with van der Waals surface area (Å²) in [7, 11) is -4.13. The van der Waals surface area contributed by atoms with Crippen LogP contribution in [-0.4, -0.2) is 43.8 Å². The molecule has 0 aliphatic rings. The first-order valence-corrected chi connectivity index (χ1v) is 15.8. The smallest absolute Gasteiger partial charge is 0.264 e. The molecule has 41 heavy (non-hydrogen) atoms. The minimum absolute atomic E-state index is 0.0330. The minimum Gasteiger partial charge on any atom is -0.352 e. The number of halogens is 2. The van der Waals surface area contributed by atoms with Crippen LogP contribution in [0.3, 0.4) is 0 Å². The van der Waals surface area contributed by atoms with Crippen molar-refractivity contribution in [3.05, 3.63) is 94.0 Å². The van der Waals surface area contributed by atoms with Gasteiger partial charge in [-0.05, 0) is 73.7 Å². The fourth-order valence-electron chi connectivity index (χ4n) is 4.41. The molecular weight excluding hydrogens is 581 g/mol. The number of hydrogen-bond donors (Lipinski definition) is 1. The average Bonchev–Trinajstić information content (AvgIpc) is 2.93. The molecule has 220 valence electrons. The predicted molar refractivity (Wildman–Crippen MR) is 166 cm³/mol. The fourth-order valence-corrected chi connectivity index (χ4v) is 6.16. The molecule has 0 fully saturated rings. The topological polar surface area (TPSA) is 86.8 Å². The van der Waals surface area contributed by atoms with Crippen molar-refractivity contribution < 1.29 is 18.0 Å². The lowest BCUT2D eigenvalue weighted by Crippen LogP contribution is -2.53. The van der Waals surface area contributed by atoms with E-state index < -0.39 is 28.5 Å². The molecule has 3 aromatic rings. The molecule has 1 unspecified atom stereocenters. The Morgan fingerprint density at radius 2 is 1.51 bits per heavy atom. The van der Waals surface area contributed by atoms with Crippen molar-refractivity contribution in [1.82, 2.24) is 10.2 Å². The maximum absolute atomic E-state index is 14.1. The van der Waals surface area contributed by atoms with E-state index in [1.165, 1.54) is 17.0 Å². The normalized spacial score (nSPS) is 12.3. The Morgan fingerprint density at radius 1 is 0.878 bits per heavy atom. The lowest BCUT2D eigenvalue weighted by Gasteiger charge is -2.33.